The van der Waals surface area contributed by atoms with Crippen LogP contribution in [0, 0.1) is 5.92 Å². The fourth-order valence-electron chi connectivity index (χ4n) is 9.99. The first-order valence-electron chi connectivity index (χ1n) is 21.2. The zero-order chi connectivity index (χ0) is 41.0. The summed E-state index contributed by atoms with van der Waals surface area (Å²) in [5.41, 5.74) is 18.5. The average molecular weight is 794 g/mol. The van der Waals surface area contributed by atoms with Gasteiger partial charge in [-0.2, -0.15) is 0 Å². The summed E-state index contributed by atoms with van der Waals surface area (Å²) in [6.45, 7) is 0. The highest BCUT2D eigenvalue weighted by atomic mass is 16.5. The van der Waals surface area contributed by atoms with Crippen LogP contribution in [0.15, 0.2) is 225 Å². The molecule has 1 spiro atoms. The van der Waals surface area contributed by atoms with Gasteiger partial charge in [0.2, 0.25) is 0 Å². The topological polar surface area (TPSA) is 47.9 Å². The number of fused-ring (bicyclic) bond motifs is 9. The summed E-state index contributed by atoms with van der Waals surface area (Å²) in [5.74, 6) is 1.09. The summed E-state index contributed by atoms with van der Waals surface area (Å²) >= 11 is 0. The molecule has 12 rings (SSSR count). The smallest absolute Gasteiger partial charge is 0.125 e. The Kier molecular flexibility index (Phi) is 8.49. The van der Waals surface area contributed by atoms with Crippen LogP contribution in [0.2, 0.25) is 0 Å². The standard InChI is InChI=1S/C58H39N3O/c1-2-12-38(13-3-1)45-34-54(52-19-10-11-33-59-52)61-55(35-45)53-32-30-44(37-60-53)42-27-23-40(24-28-42)39-21-25-41(26-22-39)43-29-31-51-57(36-43)62-56-20-9-8-18-50(56)58(51)48-16-6-4-14-46(48)47-15-5-7-17-49(47)58/h1-37,50,56H/t50-,56?/m0/s1. The monoisotopic (exact) mass is 793 g/mol. The van der Waals surface area contributed by atoms with Gasteiger partial charge in [-0.25, -0.2) is 4.98 Å². The Bertz CT molecular complexity index is 3090. The molecule has 0 bridgehead atoms. The van der Waals surface area contributed by atoms with Gasteiger partial charge in [0, 0.05) is 29.4 Å². The molecule has 62 heavy (non-hydrogen) atoms. The van der Waals surface area contributed by atoms with Crippen LogP contribution in [0.3, 0.4) is 0 Å². The van der Waals surface area contributed by atoms with Crippen LogP contribution in [0.4, 0.5) is 0 Å². The van der Waals surface area contributed by atoms with Crippen LogP contribution in [0.5, 0.6) is 5.75 Å². The predicted octanol–water partition coefficient (Wildman–Crippen LogP) is 13.7. The number of pyridine rings is 3. The van der Waals surface area contributed by atoms with E-state index in [0.29, 0.717) is 0 Å². The van der Waals surface area contributed by atoms with Crippen molar-refractivity contribution in [2.24, 2.45) is 5.92 Å². The van der Waals surface area contributed by atoms with E-state index in [4.69, 9.17) is 14.7 Å². The van der Waals surface area contributed by atoms with E-state index >= 15 is 0 Å². The van der Waals surface area contributed by atoms with E-state index in [2.05, 4.69) is 193 Å². The van der Waals surface area contributed by atoms with Gasteiger partial charge < -0.3 is 4.74 Å². The molecule has 0 fully saturated rings. The number of rotatable bonds is 6. The largest absolute Gasteiger partial charge is 0.485 e. The van der Waals surface area contributed by atoms with Crippen molar-refractivity contribution in [3.63, 3.8) is 0 Å². The van der Waals surface area contributed by atoms with E-state index in [1.54, 1.807) is 6.20 Å². The maximum atomic E-state index is 6.88. The molecule has 3 aromatic heterocycles. The number of allylic oxidation sites excluding steroid dienone is 2. The van der Waals surface area contributed by atoms with Crippen molar-refractivity contribution in [3.05, 3.63) is 241 Å². The first-order valence-corrected chi connectivity index (χ1v) is 21.2. The second-order valence-electron chi connectivity index (χ2n) is 16.3. The Labute approximate surface area is 361 Å². The molecule has 4 heteroatoms. The lowest BCUT2D eigenvalue weighted by atomic mass is 9.60. The van der Waals surface area contributed by atoms with Crippen LogP contribution in [0.1, 0.15) is 16.7 Å². The molecule has 0 saturated heterocycles. The van der Waals surface area contributed by atoms with E-state index < -0.39 is 0 Å². The molecule has 1 unspecified atom stereocenters. The van der Waals surface area contributed by atoms with Gasteiger partial charge >= 0.3 is 0 Å². The first-order chi connectivity index (χ1) is 30.7. The van der Waals surface area contributed by atoms with Crippen LogP contribution < -0.4 is 4.74 Å². The predicted molar refractivity (Wildman–Crippen MR) is 250 cm³/mol. The van der Waals surface area contributed by atoms with Crippen molar-refractivity contribution >= 4 is 0 Å². The van der Waals surface area contributed by atoms with Gasteiger partial charge in [-0.3, -0.25) is 9.97 Å². The van der Waals surface area contributed by atoms with Gasteiger partial charge in [0.05, 0.1) is 28.2 Å². The lowest BCUT2D eigenvalue weighted by Gasteiger charge is -2.47. The normalized spacial score (nSPS) is 16.2. The van der Waals surface area contributed by atoms with E-state index in [9.17, 15) is 0 Å². The molecule has 2 aliphatic carbocycles. The number of hydrogen-bond donors (Lipinski definition) is 0. The molecule has 2 atom stereocenters. The summed E-state index contributed by atoms with van der Waals surface area (Å²) in [4.78, 5) is 14.5. The van der Waals surface area contributed by atoms with Gasteiger partial charge in [0.25, 0.3) is 0 Å². The van der Waals surface area contributed by atoms with Crippen molar-refractivity contribution in [1.82, 2.24) is 15.0 Å². The third kappa shape index (κ3) is 5.87. The van der Waals surface area contributed by atoms with E-state index in [1.807, 2.05) is 30.5 Å². The lowest BCUT2D eigenvalue weighted by Crippen LogP contribution is -2.47. The van der Waals surface area contributed by atoms with Crippen molar-refractivity contribution in [2.45, 2.75) is 11.5 Å². The van der Waals surface area contributed by atoms with Crippen LogP contribution in [-0.2, 0) is 5.41 Å². The molecule has 9 aromatic rings. The molecule has 0 N–H and O–H groups in total. The molecule has 3 aliphatic rings. The molecular weight excluding hydrogens is 755 g/mol. The molecule has 1 aliphatic heterocycles. The maximum absolute atomic E-state index is 6.88. The van der Waals surface area contributed by atoms with Gasteiger partial charge in [0.15, 0.2) is 0 Å². The molecular formula is C58H39N3O. The average Bonchev–Trinajstić information content (AvgIpc) is 3.65. The minimum absolute atomic E-state index is 0.0686. The highest BCUT2D eigenvalue weighted by Crippen LogP contribution is 2.62. The summed E-state index contributed by atoms with van der Waals surface area (Å²) in [7, 11) is 0. The lowest BCUT2D eigenvalue weighted by molar-refractivity contribution is 0.141. The van der Waals surface area contributed by atoms with Crippen LogP contribution >= 0.6 is 0 Å². The van der Waals surface area contributed by atoms with E-state index in [0.717, 1.165) is 73.0 Å². The maximum Gasteiger partial charge on any atom is 0.125 e. The minimum Gasteiger partial charge on any atom is -0.485 e. The summed E-state index contributed by atoms with van der Waals surface area (Å²) in [5, 5.41) is 0. The van der Waals surface area contributed by atoms with Gasteiger partial charge in [0.1, 0.15) is 11.9 Å². The van der Waals surface area contributed by atoms with Gasteiger partial charge in [-0.1, -0.05) is 170 Å². The number of ether oxygens (including phenoxy) is 1. The second-order valence-corrected chi connectivity index (χ2v) is 16.3. The van der Waals surface area contributed by atoms with E-state index in [1.165, 1.54) is 27.8 Å². The van der Waals surface area contributed by atoms with Crippen LogP contribution in [-0.4, -0.2) is 21.1 Å². The van der Waals surface area contributed by atoms with Gasteiger partial charge in [-0.05, 0) is 104 Å². The number of benzene rings is 6. The number of nitrogens with zero attached hydrogens (tertiary/aromatic N) is 3. The highest BCUT2D eigenvalue weighted by molar-refractivity contribution is 5.86. The molecule has 0 saturated carbocycles. The summed E-state index contributed by atoms with van der Waals surface area (Å²) < 4.78 is 6.88. The van der Waals surface area contributed by atoms with Crippen molar-refractivity contribution in [1.29, 1.82) is 0 Å². The quantitative estimate of drug-likeness (QED) is 0.168. The van der Waals surface area contributed by atoms with Crippen LogP contribution in [0.25, 0.3) is 78.4 Å². The summed E-state index contributed by atoms with van der Waals surface area (Å²) in [6.07, 6.45) is 12.5. The SMILES string of the molecule is C1=CC2Oc3cc(-c4ccc(-c5ccc(-c6ccc(-c7cc(-c8ccccc8)cc(-c8ccccn8)n7)nc6)cc5)cc4)ccc3C3(c4ccccc4-c4ccccc43)[C@H]2C=C1. The zero-order valence-corrected chi connectivity index (χ0v) is 33.8. The molecule has 4 nitrogen and oxygen atoms in total. The Morgan fingerprint density at radius 2 is 0.935 bits per heavy atom. The Hall–Kier alpha value is -7.95. The fourth-order valence-corrected chi connectivity index (χ4v) is 9.99. The third-order valence-electron chi connectivity index (χ3n) is 12.9. The molecule has 0 amide bonds. The van der Waals surface area contributed by atoms with Gasteiger partial charge in [-0.15, -0.1) is 0 Å². The Morgan fingerprint density at radius 1 is 0.387 bits per heavy atom. The van der Waals surface area contributed by atoms with Crippen molar-refractivity contribution < 1.29 is 4.74 Å². The minimum atomic E-state index is -0.338. The summed E-state index contributed by atoms with van der Waals surface area (Å²) in [6, 6.07) is 67.0. The first kappa shape index (κ1) is 35.9. The highest BCUT2D eigenvalue weighted by Gasteiger charge is 2.55. The number of hydrogen-bond acceptors (Lipinski definition) is 4. The second kappa shape index (κ2) is 14.6. The van der Waals surface area contributed by atoms with Crippen molar-refractivity contribution in [3.8, 4) is 84.2 Å². The number of aromatic nitrogens is 3. The molecule has 4 heterocycles. The Morgan fingerprint density at radius 3 is 1.58 bits per heavy atom. The third-order valence-corrected chi connectivity index (χ3v) is 12.9. The molecule has 292 valence electrons. The molecule has 0 radical (unpaired) electrons. The zero-order valence-electron chi connectivity index (χ0n) is 33.8. The van der Waals surface area contributed by atoms with Crippen molar-refractivity contribution in [2.75, 3.05) is 0 Å². The van der Waals surface area contributed by atoms with E-state index in [-0.39, 0.29) is 17.4 Å². The Balaban J connectivity index is 0.816. The molecule has 6 aromatic carbocycles. The fraction of sp³-hybridized carbons (Fsp3) is 0.0517.